The molecule has 2 aromatic carbocycles. The van der Waals surface area contributed by atoms with Crippen LogP contribution >= 0.6 is 23.5 Å². The molecule has 0 aliphatic heterocycles. The number of nitrogens with one attached hydrogen (secondary N) is 1. The van der Waals surface area contributed by atoms with Gasteiger partial charge in [0.25, 0.3) is 0 Å². The lowest BCUT2D eigenvalue weighted by atomic mass is 10.2. The SMILES string of the molecule is CSc1ccc(NC(=O)CSCc2ccc(C#N)cc2)cc1. The molecule has 0 bridgehead atoms. The van der Waals surface area contributed by atoms with E-state index in [0.717, 1.165) is 17.0 Å². The van der Waals surface area contributed by atoms with Gasteiger partial charge in [-0.3, -0.25) is 4.79 Å². The molecular formula is C17H16N2OS2. The first kappa shape index (κ1) is 16.5. The summed E-state index contributed by atoms with van der Waals surface area (Å²) in [5.41, 5.74) is 2.59. The van der Waals surface area contributed by atoms with Crippen molar-refractivity contribution >= 4 is 35.1 Å². The summed E-state index contributed by atoms with van der Waals surface area (Å²) in [6, 6.07) is 17.3. The third-order valence-corrected chi connectivity index (χ3v) is 4.71. The van der Waals surface area contributed by atoms with Gasteiger partial charge >= 0.3 is 0 Å². The van der Waals surface area contributed by atoms with Crippen molar-refractivity contribution in [2.75, 3.05) is 17.3 Å². The summed E-state index contributed by atoms with van der Waals surface area (Å²) in [6.07, 6.45) is 2.02. The Morgan fingerprint density at radius 2 is 1.82 bits per heavy atom. The molecule has 0 heterocycles. The molecule has 22 heavy (non-hydrogen) atoms. The predicted molar refractivity (Wildman–Crippen MR) is 94.2 cm³/mol. The van der Waals surface area contributed by atoms with E-state index in [4.69, 9.17) is 5.26 Å². The van der Waals surface area contributed by atoms with Crippen molar-refractivity contribution in [1.29, 1.82) is 5.26 Å². The Kier molecular flexibility index (Phi) is 6.38. The molecule has 0 radical (unpaired) electrons. The fourth-order valence-electron chi connectivity index (χ4n) is 1.81. The summed E-state index contributed by atoms with van der Waals surface area (Å²) in [5, 5.41) is 11.6. The second kappa shape index (κ2) is 8.52. The molecule has 3 nitrogen and oxygen atoms in total. The van der Waals surface area contributed by atoms with E-state index in [1.54, 1.807) is 35.7 Å². The lowest BCUT2D eigenvalue weighted by Crippen LogP contribution is -2.14. The van der Waals surface area contributed by atoms with Gasteiger partial charge in [0, 0.05) is 16.3 Å². The van der Waals surface area contributed by atoms with E-state index in [0.29, 0.717) is 11.3 Å². The van der Waals surface area contributed by atoms with E-state index in [-0.39, 0.29) is 5.91 Å². The van der Waals surface area contributed by atoms with Crippen LogP contribution in [0.15, 0.2) is 53.4 Å². The molecule has 112 valence electrons. The Balaban J connectivity index is 1.76. The standard InChI is InChI=1S/C17H16N2OS2/c1-21-16-8-6-15(7-9-16)19-17(20)12-22-11-14-4-2-13(10-18)3-5-14/h2-9H,11-12H2,1H3,(H,19,20). The van der Waals surface area contributed by atoms with Crippen molar-refractivity contribution in [3.8, 4) is 6.07 Å². The van der Waals surface area contributed by atoms with Gasteiger partial charge in [0.15, 0.2) is 0 Å². The fourth-order valence-corrected chi connectivity index (χ4v) is 3.00. The van der Waals surface area contributed by atoms with E-state index in [2.05, 4.69) is 11.4 Å². The summed E-state index contributed by atoms with van der Waals surface area (Å²) in [5.74, 6) is 1.16. The highest BCUT2D eigenvalue weighted by molar-refractivity contribution is 7.99. The van der Waals surface area contributed by atoms with Gasteiger partial charge < -0.3 is 5.32 Å². The van der Waals surface area contributed by atoms with Gasteiger partial charge in [-0.25, -0.2) is 0 Å². The Labute approximate surface area is 139 Å². The minimum absolute atomic E-state index is 0.00412. The Hall–Kier alpha value is -1.90. The van der Waals surface area contributed by atoms with Crippen LogP contribution in [0.2, 0.25) is 0 Å². The summed E-state index contributed by atoms with van der Waals surface area (Å²) in [6.45, 7) is 0. The highest BCUT2D eigenvalue weighted by atomic mass is 32.2. The van der Waals surface area contributed by atoms with Crippen molar-refractivity contribution in [2.24, 2.45) is 0 Å². The molecule has 0 aromatic heterocycles. The van der Waals surface area contributed by atoms with Crippen LogP contribution in [0.5, 0.6) is 0 Å². The van der Waals surface area contributed by atoms with Gasteiger partial charge in [0.1, 0.15) is 0 Å². The second-order valence-corrected chi connectivity index (χ2v) is 6.44. The number of rotatable bonds is 6. The average Bonchev–Trinajstić information content (AvgIpc) is 2.56. The smallest absolute Gasteiger partial charge is 0.234 e. The van der Waals surface area contributed by atoms with Crippen LogP contribution in [0, 0.1) is 11.3 Å². The maximum Gasteiger partial charge on any atom is 0.234 e. The highest BCUT2D eigenvalue weighted by Crippen LogP contribution is 2.18. The third kappa shape index (κ3) is 5.14. The topological polar surface area (TPSA) is 52.9 Å². The van der Waals surface area contributed by atoms with Crippen LogP contribution in [-0.4, -0.2) is 17.9 Å². The predicted octanol–water partition coefficient (Wildman–Crippen LogP) is 4.15. The number of thioether (sulfide) groups is 2. The number of nitriles is 1. The van der Waals surface area contributed by atoms with E-state index in [1.807, 2.05) is 42.7 Å². The van der Waals surface area contributed by atoms with Gasteiger partial charge in [-0.2, -0.15) is 5.26 Å². The minimum atomic E-state index is -0.00412. The van der Waals surface area contributed by atoms with Crippen molar-refractivity contribution in [3.05, 3.63) is 59.7 Å². The lowest BCUT2D eigenvalue weighted by Gasteiger charge is -2.06. The van der Waals surface area contributed by atoms with Crippen LogP contribution < -0.4 is 5.32 Å². The molecule has 2 aromatic rings. The fraction of sp³-hybridized carbons (Fsp3) is 0.176. The monoisotopic (exact) mass is 328 g/mol. The maximum absolute atomic E-state index is 11.9. The molecule has 2 rings (SSSR count). The number of hydrogen-bond donors (Lipinski definition) is 1. The molecule has 1 amide bonds. The summed E-state index contributed by atoms with van der Waals surface area (Å²) in [7, 11) is 0. The summed E-state index contributed by atoms with van der Waals surface area (Å²) in [4.78, 5) is 13.1. The van der Waals surface area contributed by atoms with E-state index in [9.17, 15) is 4.79 Å². The quantitative estimate of drug-likeness (QED) is 0.809. The zero-order valence-corrected chi connectivity index (χ0v) is 13.8. The van der Waals surface area contributed by atoms with E-state index < -0.39 is 0 Å². The molecule has 0 saturated heterocycles. The lowest BCUT2D eigenvalue weighted by molar-refractivity contribution is -0.113. The molecule has 0 aliphatic rings. The summed E-state index contributed by atoms with van der Waals surface area (Å²) >= 11 is 3.23. The molecule has 0 saturated carbocycles. The zero-order chi connectivity index (χ0) is 15.8. The molecule has 5 heteroatoms. The second-order valence-electron chi connectivity index (χ2n) is 4.58. The van der Waals surface area contributed by atoms with Crippen molar-refractivity contribution in [1.82, 2.24) is 0 Å². The Bertz CT molecular complexity index is 661. The first-order valence-corrected chi connectivity index (χ1v) is 9.10. The largest absolute Gasteiger partial charge is 0.325 e. The number of benzene rings is 2. The normalized spacial score (nSPS) is 10.0. The van der Waals surface area contributed by atoms with Crippen LogP contribution in [-0.2, 0) is 10.5 Å². The number of anilines is 1. The van der Waals surface area contributed by atoms with E-state index >= 15 is 0 Å². The maximum atomic E-state index is 11.9. The third-order valence-electron chi connectivity index (χ3n) is 2.96. The van der Waals surface area contributed by atoms with Gasteiger partial charge in [-0.05, 0) is 48.2 Å². The number of carbonyl (C=O) groups is 1. The molecule has 0 unspecified atom stereocenters. The Morgan fingerprint density at radius 1 is 1.14 bits per heavy atom. The Morgan fingerprint density at radius 3 is 2.41 bits per heavy atom. The molecule has 0 spiro atoms. The first-order valence-electron chi connectivity index (χ1n) is 6.72. The average molecular weight is 328 g/mol. The molecule has 1 N–H and O–H groups in total. The number of hydrogen-bond acceptors (Lipinski definition) is 4. The van der Waals surface area contributed by atoms with Gasteiger partial charge in [-0.1, -0.05) is 12.1 Å². The number of amides is 1. The van der Waals surface area contributed by atoms with Gasteiger partial charge in [-0.15, -0.1) is 23.5 Å². The van der Waals surface area contributed by atoms with Gasteiger partial charge in [0.05, 0.1) is 17.4 Å². The molecule has 0 aliphatic carbocycles. The van der Waals surface area contributed by atoms with Gasteiger partial charge in [0.2, 0.25) is 5.91 Å². The number of nitrogens with zero attached hydrogens (tertiary/aromatic N) is 1. The molecule has 0 fully saturated rings. The minimum Gasteiger partial charge on any atom is -0.325 e. The zero-order valence-electron chi connectivity index (χ0n) is 12.2. The van der Waals surface area contributed by atoms with Crippen molar-refractivity contribution in [2.45, 2.75) is 10.6 Å². The van der Waals surface area contributed by atoms with Crippen molar-refractivity contribution in [3.63, 3.8) is 0 Å². The molecular weight excluding hydrogens is 312 g/mol. The van der Waals surface area contributed by atoms with Crippen LogP contribution in [0.1, 0.15) is 11.1 Å². The summed E-state index contributed by atoms with van der Waals surface area (Å²) < 4.78 is 0. The first-order chi connectivity index (χ1) is 10.7. The van der Waals surface area contributed by atoms with Crippen LogP contribution in [0.4, 0.5) is 5.69 Å². The van der Waals surface area contributed by atoms with Crippen LogP contribution in [0.25, 0.3) is 0 Å². The van der Waals surface area contributed by atoms with Crippen LogP contribution in [0.3, 0.4) is 0 Å². The highest BCUT2D eigenvalue weighted by Gasteiger charge is 2.03. The van der Waals surface area contributed by atoms with Crippen molar-refractivity contribution < 1.29 is 4.79 Å². The molecule has 0 atom stereocenters. The number of carbonyl (C=O) groups excluding carboxylic acids is 1. The van der Waals surface area contributed by atoms with E-state index in [1.165, 1.54) is 4.90 Å².